The number of amides is 1. The predicted molar refractivity (Wildman–Crippen MR) is 106 cm³/mol. The van der Waals surface area contributed by atoms with Gasteiger partial charge in [-0.3, -0.25) is 4.79 Å². The number of nitrogens with one attached hydrogen (secondary N) is 1. The highest BCUT2D eigenvalue weighted by molar-refractivity contribution is 8.01. The number of aromatic nitrogens is 2. The van der Waals surface area contributed by atoms with Crippen LogP contribution in [0.15, 0.2) is 58.9 Å². The van der Waals surface area contributed by atoms with Crippen LogP contribution < -0.4 is 5.32 Å². The van der Waals surface area contributed by atoms with E-state index < -0.39 is 0 Å². The third-order valence-electron chi connectivity index (χ3n) is 3.51. The van der Waals surface area contributed by atoms with Gasteiger partial charge in [0.15, 0.2) is 8.29 Å². The van der Waals surface area contributed by atoms with E-state index in [1.54, 1.807) is 16.8 Å². The fraction of sp³-hybridized carbons (Fsp3) is 0.167. The number of para-hydroxylation sites is 1. The highest BCUT2D eigenvalue weighted by Crippen LogP contribution is 2.23. The second-order valence-corrected chi connectivity index (χ2v) is 8.24. The van der Waals surface area contributed by atoms with E-state index >= 15 is 0 Å². The van der Waals surface area contributed by atoms with Gasteiger partial charge in [0.05, 0.1) is 11.4 Å². The molecule has 8 heteroatoms. The van der Waals surface area contributed by atoms with Gasteiger partial charge in [-0.25, -0.2) is 9.07 Å². The molecule has 0 aliphatic carbocycles. The van der Waals surface area contributed by atoms with Crippen LogP contribution in [0.4, 0.5) is 4.39 Å². The van der Waals surface area contributed by atoms with Crippen LogP contribution in [0.5, 0.6) is 0 Å². The second-order valence-electron chi connectivity index (χ2n) is 5.40. The number of carbonyl (C=O) groups excluding carboxylic acids is 1. The molecule has 3 rings (SSSR count). The molecule has 3 aromatic rings. The summed E-state index contributed by atoms with van der Waals surface area (Å²) >= 11 is 8.10. The van der Waals surface area contributed by atoms with Crippen LogP contribution in [0.2, 0.25) is 0 Å². The Bertz CT molecular complexity index is 923. The largest absolute Gasteiger partial charge is 0.355 e. The summed E-state index contributed by atoms with van der Waals surface area (Å²) < 4.78 is 16.0. The van der Waals surface area contributed by atoms with E-state index in [1.165, 1.54) is 35.2 Å². The Balaban J connectivity index is 1.47. The zero-order valence-corrected chi connectivity index (χ0v) is 16.2. The number of thioether (sulfide) groups is 1. The monoisotopic (exact) mass is 405 g/mol. The van der Waals surface area contributed by atoms with Crippen molar-refractivity contribution < 1.29 is 9.18 Å². The van der Waals surface area contributed by atoms with E-state index in [0.717, 1.165) is 15.6 Å². The zero-order valence-electron chi connectivity index (χ0n) is 13.7. The average Bonchev–Trinajstić information content (AvgIpc) is 3.03. The molecule has 1 N–H and O–H groups in total. The maximum atomic E-state index is 12.9. The molecule has 0 saturated heterocycles. The van der Waals surface area contributed by atoms with E-state index in [1.807, 2.05) is 30.3 Å². The van der Waals surface area contributed by atoms with Crippen LogP contribution in [0.25, 0.3) is 5.69 Å². The molecule has 0 aliphatic rings. The Kier molecular flexibility index (Phi) is 6.54. The molecule has 1 amide bonds. The summed E-state index contributed by atoms with van der Waals surface area (Å²) in [6.07, 6.45) is 0.665. The quantitative estimate of drug-likeness (QED) is 0.471. The fourth-order valence-electron chi connectivity index (χ4n) is 2.23. The van der Waals surface area contributed by atoms with Gasteiger partial charge in [0.2, 0.25) is 5.91 Å². The Morgan fingerprint density at radius 2 is 1.92 bits per heavy atom. The molecule has 134 valence electrons. The van der Waals surface area contributed by atoms with Crippen LogP contribution in [0, 0.1) is 9.77 Å². The first-order chi connectivity index (χ1) is 12.6. The van der Waals surface area contributed by atoms with Gasteiger partial charge in [0.1, 0.15) is 5.82 Å². The van der Waals surface area contributed by atoms with Gasteiger partial charge in [-0.15, -0.1) is 5.10 Å². The summed E-state index contributed by atoms with van der Waals surface area (Å²) in [5.74, 6) is -0.0449. The number of rotatable bonds is 7. The SMILES string of the molecule is O=C(CSc1nn(-c2ccccc2)c(=S)s1)NCCc1ccc(F)cc1. The van der Waals surface area contributed by atoms with Crippen molar-refractivity contribution >= 4 is 41.2 Å². The highest BCUT2D eigenvalue weighted by atomic mass is 32.2. The van der Waals surface area contributed by atoms with Crippen molar-refractivity contribution in [1.29, 1.82) is 0 Å². The third kappa shape index (κ3) is 5.23. The summed E-state index contributed by atoms with van der Waals surface area (Å²) in [5.41, 5.74) is 1.89. The van der Waals surface area contributed by atoms with Crippen LogP contribution in [-0.4, -0.2) is 28.0 Å². The van der Waals surface area contributed by atoms with Gasteiger partial charge in [-0.1, -0.05) is 53.4 Å². The van der Waals surface area contributed by atoms with Crippen molar-refractivity contribution in [2.24, 2.45) is 0 Å². The van der Waals surface area contributed by atoms with Gasteiger partial charge in [-0.2, -0.15) is 0 Å². The van der Waals surface area contributed by atoms with Gasteiger partial charge in [-0.05, 0) is 48.5 Å². The maximum absolute atomic E-state index is 12.9. The number of benzene rings is 2. The molecule has 0 fully saturated rings. The number of nitrogens with zero attached hydrogens (tertiary/aromatic N) is 2. The van der Waals surface area contributed by atoms with Crippen molar-refractivity contribution in [2.75, 3.05) is 12.3 Å². The van der Waals surface area contributed by atoms with E-state index in [4.69, 9.17) is 12.2 Å². The Morgan fingerprint density at radius 1 is 1.19 bits per heavy atom. The molecule has 4 nitrogen and oxygen atoms in total. The first kappa shape index (κ1) is 18.8. The normalized spacial score (nSPS) is 10.7. The summed E-state index contributed by atoms with van der Waals surface area (Å²) in [7, 11) is 0. The average molecular weight is 406 g/mol. The molecule has 0 aliphatic heterocycles. The molecule has 0 radical (unpaired) electrons. The molecule has 26 heavy (non-hydrogen) atoms. The first-order valence-electron chi connectivity index (χ1n) is 7.91. The fourth-order valence-corrected chi connectivity index (χ4v) is 4.42. The van der Waals surface area contributed by atoms with Gasteiger partial charge < -0.3 is 5.32 Å². The van der Waals surface area contributed by atoms with Gasteiger partial charge in [0.25, 0.3) is 0 Å². The van der Waals surface area contributed by atoms with Crippen LogP contribution in [0.3, 0.4) is 0 Å². The number of hydrogen-bond donors (Lipinski definition) is 1. The van der Waals surface area contributed by atoms with Gasteiger partial charge >= 0.3 is 0 Å². The topological polar surface area (TPSA) is 46.9 Å². The van der Waals surface area contributed by atoms with Crippen LogP contribution in [-0.2, 0) is 11.2 Å². The molecular weight excluding hydrogens is 389 g/mol. The molecule has 0 bridgehead atoms. The number of carbonyl (C=O) groups is 1. The molecule has 0 spiro atoms. The Morgan fingerprint density at radius 3 is 2.65 bits per heavy atom. The van der Waals surface area contributed by atoms with E-state index in [2.05, 4.69) is 10.4 Å². The lowest BCUT2D eigenvalue weighted by Crippen LogP contribution is -2.27. The summed E-state index contributed by atoms with van der Waals surface area (Å²) in [6.45, 7) is 0.513. The molecular formula is C18H16FN3OS3. The third-order valence-corrected chi connectivity index (χ3v) is 5.87. The van der Waals surface area contributed by atoms with Crippen molar-refractivity contribution in [3.8, 4) is 5.69 Å². The minimum Gasteiger partial charge on any atom is -0.355 e. The number of hydrogen-bond acceptors (Lipinski definition) is 5. The zero-order chi connectivity index (χ0) is 18.4. The van der Waals surface area contributed by atoms with Crippen molar-refractivity contribution in [3.05, 3.63) is 69.9 Å². The van der Waals surface area contributed by atoms with Crippen LogP contribution in [0.1, 0.15) is 5.56 Å². The molecule has 0 saturated carbocycles. The molecule has 1 heterocycles. The smallest absolute Gasteiger partial charge is 0.230 e. The van der Waals surface area contributed by atoms with E-state index in [9.17, 15) is 9.18 Å². The molecule has 2 aromatic carbocycles. The summed E-state index contributed by atoms with van der Waals surface area (Å²) in [5, 5.41) is 7.33. The molecule has 1 aromatic heterocycles. The predicted octanol–water partition coefficient (Wildman–Crippen LogP) is 4.25. The van der Waals surface area contributed by atoms with Crippen LogP contribution >= 0.6 is 35.3 Å². The summed E-state index contributed by atoms with van der Waals surface area (Å²) in [4.78, 5) is 12.0. The van der Waals surface area contributed by atoms with E-state index in [-0.39, 0.29) is 17.5 Å². The second kappa shape index (κ2) is 9.07. The molecule has 0 unspecified atom stereocenters. The standard InChI is InChI=1S/C18H16FN3OS3/c19-14-8-6-13(7-9-14)10-11-20-16(23)12-25-17-21-22(18(24)26-17)15-4-2-1-3-5-15/h1-9H,10-12H2,(H,20,23). The lowest BCUT2D eigenvalue weighted by atomic mass is 10.1. The lowest BCUT2D eigenvalue weighted by molar-refractivity contribution is -0.118. The van der Waals surface area contributed by atoms with Crippen molar-refractivity contribution in [1.82, 2.24) is 15.1 Å². The minimum atomic E-state index is -0.258. The Hall–Kier alpha value is -2.03. The minimum absolute atomic E-state index is 0.0653. The highest BCUT2D eigenvalue weighted by Gasteiger charge is 2.09. The lowest BCUT2D eigenvalue weighted by Gasteiger charge is -2.04. The van der Waals surface area contributed by atoms with Gasteiger partial charge in [0, 0.05) is 6.54 Å². The first-order valence-corrected chi connectivity index (χ1v) is 10.1. The van der Waals surface area contributed by atoms with Crippen molar-refractivity contribution in [2.45, 2.75) is 10.8 Å². The number of halogens is 1. The Labute approximate surface area is 164 Å². The van der Waals surface area contributed by atoms with E-state index in [0.29, 0.717) is 16.9 Å². The molecule has 0 atom stereocenters. The summed E-state index contributed by atoms with van der Waals surface area (Å²) in [6, 6.07) is 15.9. The van der Waals surface area contributed by atoms with Crippen molar-refractivity contribution in [3.63, 3.8) is 0 Å². The maximum Gasteiger partial charge on any atom is 0.230 e.